The number of fused-ring (bicyclic) bond motifs is 4. The molecule has 0 aliphatic rings. The number of oxazole rings is 1. The van der Waals surface area contributed by atoms with Gasteiger partial charge in [0.25, 0.3) is 0 Å². The Bertz CT molecular complexity index is 2610. The van der Waals surface area contributed by atoms with Crippen molar-refractivity contribution in [3.05, 3.63) is 169 Å². The van der Waals surface area contributed by atoms with Gasteiger partial charge in [-0.3, -0.25) is 0 Å². The van der Waals surface area contributed by atoms with Crippen molar-refractivity contribution in [3.63, 3.8) is 0 Å². The average Bonchev–Trinajstić information content (AvgIpc) is 3.76. The number of aryl methyl sites for hydroxylation is 1. The summed E-state index contributed by atoms with van der Waals surface area (Å²) in [6, 6.07) is 58.5. The second-order valence-electron chi connectivity index (χ2n) is 12.6. The monoisotopic (exact) mass is 630 g/mol. The minimum Gasteiger partial charge on any atom is -0.436 e. The number of nitrogens with zero attached hydrogens (tertiary/aromatic N) is 2. The number of benzene rings is 7. The fourth-order valence-electron chi connectivity index (χ4n) is 7.32. The van der Waals surface area contributed by atoms with E-state index in [0.29, 0.717) is 5.89 Å². The van der Waals surface area contributed by atoms with Crippen LogP contribution in [0.15, 0.2) is 168 Å². The van der Waals surface area contributed by atoms with E-state index in [4.69, 9.17) is 9.40 Å². The smallest absolute Gasteiger partial charge is 0.227 e. The minimum atomic E-state index is 0.660. The van der Waals surface area contributed by atoms with Gasteiger partial charge in [-0.05, 0) is 93.9 Å². The lowest BCUT2D eigenvalue weighted by molar-refractivity contribution is 0.614. The van der Waals surface area contributed by atoms with E-state index in [0.717, 1.165) is 35.1 Å². The van der Waals surface area contributed by atoms with Gasteiger partial charge in [0.1, 0.15) is 5.52 Å². The first kappa shape index (κ1) is 29.0. The first-order valence-corrected chi connectivity index (χ1v) is 17.0. The summed E-state index contributed by atoms with van der Waals surface area (Å²) in [6.45, 7) is 2.19. The van der Waals surface area contributed by atoms with E-state index >= 15 is 0 Å². The first-order valence-electron chi connectivity index (χ1n) is 17.0. The van der Waals surface area contributed by atoms with Crippen LogP contribution in [0.4, 0.5) is 0 Å². The summed E-state index contributed by atoms with van der Waals surface area (Å²) < 4.78 is 8.68. The van der Waals surface area contributed by atoms with Gasteiger partial charge in [0.2, 0.25) is 5.89 Å². The molecule has 0 bridgehead atoms. The van der Waals surface area contributed by atoms with Crippen molar-refractivity contribution in [2.75, 3.05) is 0 Å². The van der Waals surface area contributed by atoms with Crippen LogP contribution in [0.5, 0.6) is 0 Å². The van der Waals surface area contributed by atoms with Crippen LogP contribution in [0.25, 0.3) is 83.4 Å². The third-order valence-electron chi connectivity index (χ3n) is 9.60. The molecule has 0 spiro atoms. The van der Waals surface area contributed by atoms with Gasteiger partial charge in [-0.1, -0.05) is 129 Å². The van der Waals surface area contributed by atoms with Gasteiger partial charge >= 0.3 is 0 Å². The molecule has 0 amide bonds. The number of para-hydroxylation sites is 3. The molecule has 3 nitrogen and oxygen atoms in total. The van der Waals surface area contributed by atoms with Crippen molar-refractivity contribution in [3.8, 4) is 50.5 Å². The molecule has 0 atom stereocenters. The Hall–Kier alpha value is -6.19. The standard InChI is InChI=1S/C46H34N2O/c1-2-13-32-14-12-22-42-45(32)49-46(47-42)33-26-24-31(25-27-33)36-17-6-8-19-38(36)39-20-9-7-18-37(39)34-28-29-44-41(30-34)40-21-10-11-23-43(40)48(44)35-15-4-3-5-16-35/h3-12,14-30H,2,13H2,1H3. The molecule has 234 valence electrons. The zero-order chi connectivity index (χ0) is 32.7. The third kappa shape index (κ3) is 5.03. The Morgan fingerprint density at radius 3 is 1.88 bits per heavy atom. The van der Waals surface area contributed by atoms with Gasteiger partial charge < -0.3 is 8.98 Å². The topological polar surface area (TPSA) is 31.0 Å². The molecule has 0 aliphatic heterocycles. The van der Waals surface area contributed by atoms with Crippen molar-refractivity contribution in [2.24, 2.45) is 0 Å². The van der Waals surface area contributed by atoms with Gasteiger partial charge in [0.05, 0.1) is 11.0 Å². The molecule has 9 rings (SSSR count). The highest BCUT2D eigenvalue weighted by atomic mass is 16.3. The van der Waals surface area contributed by atoms with Gasteiger partial charge in [0.15, 0.2) is 5.58 Å². The molecule has 2 heterocycles. The molecule has 0 saturated heterocycles. The largest absolute Gasteiger partial charge is 0.436 e. The number of rotatable bonds is 7. The predicted octanol–water partition coefficient (Wildman–Crippen LogP) is 12.5. The second kappa shape index (κ2) is 12.1. The van der Waals surface area contributed by atoms with Crippen LogP contribution in [0.1, 0.15) is 18.9 Å². The fraction of sp³-hybridized carbons (Fsp3) is 0.0652. The lowest BCUT2D eigenvalue weighted by Gasteiger charge is -2.15. The molecule has 0 aliphatic carbocycles. The van der Waals surface area contributed by atoms with Gasteiger partial charge in [0, 0.05) is 22.0 Å². The van der Waals surface area contributed by atoms with Crippen molar-refractivity contribution in [1.82, 2.24) is 9.55 Å². The van der Waals surface area contributed by atoms with Crippen LogP contribution >= 0.6 is 0 Å². The van der Waals surface area contributed by atoms with Crippen LogP contribution in [0.3, 0.4) is 0 Å². The highest BCUT2D eigenvalue weighted by molar-refractivity contribution is 6.11. The van der Waals surface area contributed by atoms with E-state index in [1.54, 1.807) is 0 Å². The summed E-state index contributed by atoms with van der Waals surface area (Å²) in [5, 5.41) is 2.50. The normalized spacial score (nSPS) is 11.5. The molecule has 9 aromatic rings. The van der Waals surface area contributed by atoms with E-state index in [1.807, 2.05) is 6.07 Å². The lowest BCUT2D eigenvalue weighted by Crippen LogP contribution is -1.93. The zero-order valence-electron chi connectivity index (χ0n) is 27.3. The summed E-state index contributed by atoms with van der Waals surface area (Å²) >= 11 is 0. The molecule has 0 fully saturated rings. The van der Waals surface area contributed by atoms with Crippen molar-refractivity contribution < 1.29 is 4.42 Å². The van der Waals surface area contributed by atoms with Crippen LogP contribution in [0.2, 0.25) is 0 Å². The summed E-state index contributed by atoms with van der Waals surface area (Å²) in [4.78, 5) is 4.83. The van der Waals surface area contributed by atoms with Gasteiger partial charge in [-0.15, -0.1) is 0 Å². The van der Waals surface area contributed by atoms with Crippen molar-refractivity contribution in [1.29, 1.82) is 0 Å². The van der Waals surface area contributed by atoms with E-state index in [9.17, 15) is 0 Å². The predicted molar refractivity (Wildman–Crippen MR) is 204 cm³/mol. The van der Waals surface area contributed by atoms with E-state index < -0.39 is 0 Å². The second-order valence-corrected chi connectivity index (χ2v) is 12.6. The molecule has 2 aromatic heterocycles. The van der Waals surface area contributed by atoms with Crippen molar-refractivity contribution in [2.45, 2.75) is 19.8 Å². The molecule has 7 aromatic carbocycles. The van der Waals surface area contributed by atoms with Crippen molar-refractivity contribution >= 4 is 32.9 Å². The SMILES string of the molecule is CCCc1cccc2nc(-c3ccc(-c4ccccc4-c4ccccc4-c4ccc5c(c4)c4ccccc4n5-c4ccccc4)cc3)oc12. The molecule has 3 heteroatoms. The minimum absolute atomic E-state index is 0.660. The van der Waals surface area contributed by atoms with Crippen LogP contribution in [-0.4, -0.2) is 9.55 Å². The maximum atomic E-state index is 6.31. The molecule has 0 radical (unpaired) electrons. The Kier molecular flexibility index (Phi) is 7.17. The maximum absolute atomic E-state index is 6.31. The molecular formula is C46H34N2O. The Morgan fingerprint density at radius 1 is 0.510 bits per heavy atom. The lowest BCUT2D eigenvalue weighted by atomic mass is 9.89. The molecule has 49 heavy (non-hydrogen) atoms. The summed E-state index contributed by atoms with van der Waals surface area (Å²) in [7, 11) is 0. The van der Waals surface area contributed by atoms with Crippen LogP contribution in [-0.2, 0) is 6.42 Å². The fourth-order valence-corrected chi connectivity index (χ4v) is 7.32. The van der Waals surface area contributed by atoms with Gasteiger partial charge in [-0.2, -0.15) is 0 Å². The molecule has 0 saturated carbocycles. The maximum Gasteiger partial charge on any atom is 0.227 e. The summed E-state index contributed by atoms with van der Waals surface area (Å²) in [6.07, 6.45) is 2.05. The summed E-state index contributed by atoms with van der Waals surface area (Å²) in [5.41, 5.74) is 14.7. The highest BCUT2D eigenvalue weighted by Gasteiger charge is 2.17. The van der Waals surface area contributed by atoms with E-state index in [2.05, 4.69) is 169 Å². The number of hydrogen-bond acceptors (Lipinski definition) is 2. The molecule has 0 N–H and O–H groups in total. The number of aromatic nitrogens is 2. The Balaban J connectivity index is 1.12. The zero-order valence-corrected chi connectivity index (χ0v) is 27.3. The van der Waals surface area contributed by atoms with E-state index in [-0.39, 0.29) is 0 Å². The van der Waals surface area contributed by atoms with E-state index in [1.165, 1.54) is 60.9 Å². The molecule has 0 unspecified atom stereocenters. The first-order chi connectivity index (χ1) is 24.3. The van der Waals surface area contributed by atoms with Crippen LogP contribution in [0, 0.1) is 0 Å². The number of hydrogen-bond donors (Lipinski definition) is 0. The Morgan fingerprint density at radius 2 is 1.12 bits per heavy atom. The van der Waals surface area contributed by atoms with Gasteiger partial charge in [-0.25, -0.2) is 4.98 Å². The summed E-state index contributed by atoms with van der Waals surface area (Å²) in [5.74, 6) is 0.660. The highest BCUT2D eigenvalue weighted by Crippen LogP contribution is 2.41. The third-order valence-corrected chi connectivity index (χ3v) is 9.60. The molecular weight excluding hydrogens is 597 g/mol. The quantitative estimate of drug-likeness (QED) is 0.175. The van der Waals surface area contributed by atoms with Crippen LogP contribution < -0.4 is 0 Å². The Labute approximate surface area is 285 Å². The average molecular weight is 631 g/mol.